The molecule has 0 amide bonds. The number of allylic oxidation sites excluding steroid dienone is 1. The fourth-order valence-electron chi connectivity index (χ4n) is 1.71. The van der Waals surface area contributed by atoms with Gasteiger partial charge in [0.2, 0.25) is 0 Å². The molecule has 0 radical (unpaired) electrons. The minimum Gasteiger partial charge on any atom is -0.483 e. The summed E-state index contributed by atoms with van der Waals surface area (Å²) in [6.07, 6.45) is 7.01. The van der Waals surface area contributed by atoms with Gasteiger partial charge in [-0.05, 0) is 43.5 Å². The Morgan fingerprint density at radius 3 is 2.94 bits per heavy atom. The highest BCUT2D eigenvalue weighted by Gasteiger charge is 2.12. The zero-order valence-corrected chi connectivity index (χ0v) is 8.82. The molecule has 1 aromatic rings. The van der Waals surface area contributed by atoms with E-state index in [1.807, 2.05) is 12.1 Å². The number of rotatable bonds is 2. The van der Waals surface area contributed by atoms with E-state index in [9.17, 15) is 4.39 Å². The van der Waals surface area contributed by atoms with Gasteiger partial charge in [0.25, 0.3) is 0 Å². The number of hydrogen-bond acceptors (Lipinski definition) is 2. The molecule has 1 atom stereocenters. The maximum Gasteiger partial charge on any atom is 0.166 e. The molecule has 0 heterocycles. The summed E-state index contributed by atoms with van der Waals surface area (Å²) in [5.41, 5.74) is 0.309. The van der Waals surface area contributed by atoms with Crippen molar-refractivity contribution >= 4 is 0 Å². The number of nitriles is 1. The van der Waals surface area contributed by atoms with Crippen LogP contribution in [0.5, 0.6) is 5.75 Å². The average Bonchev–Trinajstić information content (AvgIpc) is 2.33. The van der Waals surface area contributed by atoms with Gasteiger partial charge in [-0.1, -0.05) is 6.08 Å². The Kier molecular flexibility index (Phi) is 3.21. The lowest BCUT2D eigenvalue weighted by atomic mass is 10.1. The van der Waals surface area contributed by atoms with Gasteiger partial charge in [0.15, 0.2) is 11.6 Å². The highest BCUT2D eigenvalue weighted by molar-refractivity contribution is 5.36. The van der Waals surface area contributed by atoms with Crippen LogP contribution in [-0.4, -0.2) is 6.10 Å². The van der Waals surface area contributed by atoms with Gasteiger partial charge >= 0.3 is 0 Å². The summed E-state index contributed by atoms with van der Waals surface area (Å²) in [6.45, 7) is 0. The summed E-state index contributed by atoms with van der Waals surface area (Å²) in [6, 6.07) is 6.16. The van der Waals surface area contributed by atoms with Crippen molar-refractivity contribution in [3.63, 3.8) is 0 Å². The highest BCUT2D eigenvalue weighted by Crippen LogP contribution is 2.22. The van der Waals surface area contributed by atoms with Crippen molar-refractivity contribution in [3.8, 4) is 11.8 Å². The molecule has 1 unspecified atom stereocenters. The van der Waals surface area contributed by atoms with E-state index in [4.69, 9.17) is 10.00 Å². The van der Waals surface area contributed by atoms with Gasteiger partial charge in [-0.15, -0.1) is 0 Å². The number of benzene rings is 1. The van der Waals surface area contributed by atoms with Gasteiger partial charge < -0.3 is 4.74 Å². The van der Waals surface area contributed by atoms with Crippen molar-refractivity contribution in [2.24, 2.45) is 0 Å². The van der Waals surface area contributed by atoms with Gasteiger partial charge in [-0.25, -0.2) is 4.39 Å². The fourth-order valence-corrected chi connectivity index (χ4v) is 1.71. The second-order valence-corrected chi connectivity index (χ2v) is 3.77. The van der Waals surface area contributed by atoms with Crippen LogP contribution in [0.1, 0.15) is 24.8 Å². The fraction of sp³-hybridized carbons (Fsp3) is 0.308. The summed E-state index contributed by atoms with van der Waals surface area (Å²) in [7, 11) is 0. The molecule has 1 aliphatic carbocycles. The van der Waals surface area contributed by atoms with E-state index >= 15 is 0 Å². The molecule has 0 saturated heterocycles. The summed E-state index contributed by atoms with van der Waals surface area (Å²) in [5, 5.41) is 8.61. The van der Waals surface area contributed by atoms with E-state index in [0.717, 1.165) is 19.3 Å². The molecule has 0 bridgehead atoms. The first kappa shape index (κ1) is 10.7. The van der Waals surface area contributed by atoms with Crippen molar-refractivity contribution in [1.82, 2.24) is 0 Å². The summed E-state index contributed by atoms with van der Waals surface area (Å²) < 4.78 is 19.0. The van der Waals surface area contributed by atoms with E-state index in [1.165, 1.54) is 12.1 Å². The molecule has 0 N–H and O–H groups in total. The average molecular weight is 217 g/mol. The molecule has 1 aromatic carbocycles. The lowest BCUT2D eigenvalue weighted by Crippen LogP contribution is -2.16. The SMILES string of the molecule is N#Cc1ccc(OC2C=CCCC2)c(F)c1. The molecular weight excluding hydrogens is 205 g/mol. The van der Waals surface area contributed by atoms with Crippen molar-refractivity contribution in [2.75, 3.05) is 0 Å². The lowest BCUT2D eigenvalue weighted by molar-refractivity contribution is 0.220. The van der Waals surface area contributed by atoms with Crippen LogP contribution in [-0.2, 0) is 0 Å². The van der Waals surface area contributed by atoms with Crippen LogP contribution in [0.15, 0.2) is 30.4 Å². The lowest BCUT2D eigenvalue weighted by Gasteiger charge is -2.18. The van der Waals surface area contributed by atoms with Crippen molar-refractivity contribution in [1.29, 1.82) is 5.26 Å². The largest absolute Gasteiger partial charge is 0.483 e. The van der Waals surface area contributed by atoms with Gasteiger partial charge in [0.1, 0.15) is 6.10 Å². The first-order chi connectivity index (χ1) is 7.79. The molecule has 0 saturated carbocycles. The van der Waals surface area contributed by atoms with Crippen LogP contribution >= 0.6 is 0 Å². The molecule has 2 nitrogen and oxygen atoms in total. The minimum atomic E-state index is -0.474. The van der Waals surface area contributed by atoms with Crippen LogP contribution in [0.4, 0.5) is 4.39 Å². The summed E-state index contributed by atoms with van der Waals surface area (Å²) in [5.74, 6) is -0.256. The summed E-state index contributed by atoms with van der Waals surface area (Å²) in [4.78, 5) is 0. The maximum atomic E-state index is 13.5. The van der Waals surface area contributed by atoms with Gasteiger partial charge in [-0.3, -0.25) is 0 Å². The van der Waals surface area contributed by atoms with Crippen LogP contribution in [0.25, 0.3) is 0 Å². The molecule has 0 aliphatic heterocycles. The predicted molar refractivity (Wildman–Crippen MR) is 58.5 cm³/mol. The molecule has 0 spiro atoms. The van der Waals surface area contributed by atoms with Crippen molar-refractivity contribution in [3.05, 3.63) is 41.7 Å². The molecule has 0 aromatic heterocycles. The zero-order valence-electron chi connectivity index (χ0n) is 8.82. The van der Waals surface area contributed by atoms with Crippen molar-refractivity contribution in [2.45, 2.75) is 25.4 Å². The van der Waals surface area contributed by atoms with Gasteiger partial charge in [-0.2, -0.15) is 5.26 Å². The smallest absolute Gasteiger partial charge is 0.166 e. The van der Waals surface area contributed by atoms with Crippen LogP contribution < -0.4 is 4.74 Å². The third-order valence-electron chi connectivity index (χ3n) is 2.55. The molecule has 3 heteroatoms. The third kappa shape index (κ3) is 2.40. The summed E-state index contributed by atoms with van der Waals surface area (Å²) >= 11 is 0. The normalized spacial score (nSPS) is 19.1. The van der Waals surface area contributed by atoms with Crippen LogP contribution in [0.3, 0.4) is 0 Å². The number of ether oxygens (including phenoxy) is 1. The standard InChI is InChI=1S/C13H12FNO/c14-12-8-10(9-15)6-7-13(12)16-11-4-2-1-3-5-11/h2,4,6-8,11H,1,3,5H2. The van der Waals surface area contributed by atoms with Crippen molar-refractivity contribution < 1.29 is 9.13 Å². The molecule has 2 rings (SSSR count). The Balaban J connectivity index is 2.12. The zero-order chi connectivity index (χ0) is 11.4. The van der Waals surface area contributed by atoms with E-state index < -0.39 is 5.82 Å². The van der Waals surface area contributed by atoms with Crippen LogP contribution in [0, 0.1) is 17.1 Å². The first-order valence-corrected chi connectivity index (χ1v) is 5.32. The molecule has 1 aliphatic rings. The Morgan fingerprint density at radius 1 is 1.44 bits per heavy atom. The van der Waals surface area contributed by atoms with Gasteiger partial charge in [0, 0.05) is 0 Å². The van der Waals surface area contributed by atoms with E-state index in [2.05, 4.69) is 6.08 Å². The molecule has 0 fully saturated rings. The van der Waals surface area contributed by atoms with Crippen LogP contribution in [0.2, 0.25) is 0 Å². The van der Waals surface area contributed by atoms with E-state index in [0.29, 0.717) is 5.56 Å². The molecular formula is C13H12FNO. The third-order valence-corrected chi connectivity index (χ3v) is 2.55. The monoisotopic (exact) mass is 217 g/mol. The minimum absolute atomic E-state index is 0.0452. The number of nitrogens with zero attached hydrogens (tertiary/aromatic N) is 1. The Morgan fingerprint density at radius 2 is 2.31 bits per heavy atom. The quantitative estimate of drug-likeness (QED) is 0.713. The number of hydrogen-bond donors (Lipinski definition) is 0. The van der Waals surface area contributed by atoms with Gasteiger partial charge in [0.05, 0.1) is 11.6 Å². The number of halogens is 1. The predicted octanol–water partition coefficient (Wildman–Crippen LogP) is 3.18. The maximum absolute atomic E-state index is 13.5. The second-order valence-electron chi connectivity index (χ2n) is 3.77. The van der Waals surface area contributed by atoms with E-state index in [-0.39, 0.29) is 11.9 Å². The molecule has 82 valence electrons. The second kappa shape index (κ2) is 4.80. The Hall–Kier alpha value is -1.82. The first-order valence-electron chi connectivity index (χ1n) is 5.32. The Labute approximate surface area is 94.0 Å². The molecule has 16 heavy (non-hydrogen) atoms. The van der Waals surface area contributed by atoms with E-state index in [1.54, 1.807) is 6.07 Å². The topological polar surface area (TPSA) is 33.0 Å². The highest BCUT2D eigenvalue weighted by atomic mass is 19.1. The Bertz CT molecular complexity index is 448.